The van der Waals surface area contributed by atoms with E-state index in [1.807, 2.05) is 54.0 Å². The summed E-state index contributed by atoms with van der Waals surface area (Å²) in [6, 6.07) is 19.0. The van der Waals surface area contributed by atoms with Gasteiger partial charge in [-0.3, -0.25) is 14.9 Å². The summed E-state index contributed by atoms with van der Waals surface area (Å²) in [4.78, 5) is 43.6. The summed E-state index contributed by atoms with van der Waals surface area (Å²) >= 11 is 0. The van der Waals surface area contributed by atoms with Crippen molar-refractivity contribution in [3.8, 4) is 11.1 Å². The molecule has 3 N–H and O–H groups in total. The first-order valence-electron chi connectivity index (χ1n) is 9.75. The van der Waals surface area contributed by atoms with E-state index >= 15 is 0 Å². The molecule has 1 aromatic heterocycles. The Morgan fingerprint density at radius 2 is 1.59 bits per heavy atom. The fourth-order valence-electron chi connectivity index (χ4n) is 3.64. The number of fused-ring (bicyclic) bond motifs is 3. The van der Waals surface area contributed by atoms with Gasteiger partial charge in [0.1, 0.15) is 6.61 Å². The number of carboxylic acid groups (broad SMARTS) is 1. The number of nitrogens with zero attached hydrogens (tertiary/aromatic N) is 1. The summed E-state index contributed by atoms with van der Waals surface area (Å²) < 4.78 is 5.47. The zero-order valence-electron chi connectivity index (χ0n) is 16.8. The molecule has 4 rings (SSSR count). The van der Waals surface area contributed by atoms with E-state index in [0.29, 0.717) is 0 Å². The summed E-state index contributed by atoms with van der Waals surface area (Å²) in [5.74, 6) is -2.15. The molecule has 32 heavy (non-hydrogen) atoms. The number of aliphatic carboxylic acids is 1. The number of rotatable bonds is 7. The van der Waals surface area contributed by atoms with Crippen LogP contribution in [0.25, 0.3) is 11.1 Å². The molecule has 2 aromatic carbocycles. The summed E-state index contributed by atoms with van der Waals surface area (Å²) in [5, 5.41) is 11.1. The third-order valence-corrected chi connectivity index (χ3v) is 4.96. The maximum atomic E-state index is 12.5. The van der Waals surface area contributed by atoms with Gasteiger partial charge in [0, 0.05) is 12.1 Å². The molecule has 0 saturated carbocycles. The molecule has 0 aliphatic heterocycles. The number of hydroxylamine groups is 1. The highest BCUT2D eigenvalue weighted by Crippen LogP contribution is 2.44. The van der Waals surface area contributed by atoms with Crippen LogP contribution in [-0.4, -0.2) is 41.3 Å². The molecule has 9 nitrogen and oxygen atoms in total. The van der Waals surface area contributed by atoms with Crippen LogP contribution < -0.4 is 10.8 Å². The molecule has 0 fully saturated rings. The Bertz CT molecular complexity index is 1130. The van der Waals surface area contributed by atoms with Gasteiger partial charge in [-0.05, 0) is 34.4 Å². The van der Waals surface area contributed by atoms with Crippen molar-refractivity contribution in [3.05, 3.63) is 83.7 Å². The third-order valence-electron chi connectivity index (χ3n) is 4.96. The molecule has 3 aromatic rings. The van der Waals surface area contributed by atoms with Gasteiger partial charge in [0.2, 0.25) is 0 Å². The van der Waals surface area contributed by atoms with Gasteiger partial charge in [0.05, 0.1) is 5.69 Å². The number of carbonyl (C=O) groups is 3. The van der Waals surface area contributed by atoms with Crippen LogP contribution >= 0.6 is 0 Å². The number of carbonyl (C=O) groups excluding carboxylic acids is 2. The molecule has 0 atom stereocenters. The molecule has 2 amide bonds. The third kappa shape index (κ3) is 4.42. The predicted molar refractivity (Wildman–Crippen MR) is 114 cm³/mol. The Labute approximate surface area is 183 Å². The van der Waals surface area contributed by atoms with Gasteiger partial charge >= 0.3 is 12.1 Å². The highest BCUT2D eigenvalue weighted by molar-refractivity contribution is 6.00. The van der Waals surface area contributed by atoms with Crippen molar-refractivity contribution in [3.63, 3.8) is 0 Å². The number of benzene rings is 2. The van der Waals surface area contributed by atoms with Crippen LogP contribution in [0.1, 0.15) is 27.5 Å². The van der Waals surface area contributed by atoms with Crippen LogP contribution in [0.5, 0.6) is 0 Å². The van der Waals surface area contributed by atoms with Crippen molar-refractivity contribution in [2.45, 2.75) is 5.92 Å². The second kappa shape index (κ2) is 9.27. The van der Waals surface area contributed by atoms with Gasteiger partial charge in [0.15, 0.2) is 12.3 Å². The van der Waals surface area contributed by atoms with Crippen LogP contribution in [0, 0.1) is 0 Å². The Hall–Kier alpha value is -4.24. The second-order valence-corrected chi connectivity index (χ2v) is 6.96. The van der Waals surface area contributed by atoms with Crippen LogP contribution in [0.4, 0.5) is 10.5 Å². The van der Waals surface area contributed by atoms with Crippen LogP contribution in [0.2, 0.25) is 0 Å². The maximum Gasteiger partial charge on any atom is 0.411 e. The molecule has 0 spiro atoms. The van der Waals surface area contributed by atoms with E-state index in [1.54, 1.807) is 0 Å². The average molecular weight is 433 g/mol. The zero-order valence-corrected chi connectivity index (χ0v) is 16.8. The molecule has 0 saturated heterocycles. The van der Waals surface area contributed by atoms with E-state index in [0.717, 1.165) is 22.3 Å². The minimum Gasteiger partial charge on any atom is -0.479 e. The maximum absolute atomic E-state index is 12.5. The summed E-state index contributed by atoms with van der Waals surface area (Å²) in [5.41, 5.74) is 6.31. The van der Waals surface area contributed by atoms with Gasteiger partial charge < -0.3 is 9.84 Å². The van der Waals surface area contributed by atoms with Crippen molar-refractivity contribution >= 4 is 23.7 Å². The quantitative estimate of drug-likeness (QED) is 0.488. The van der Waals surface area contributed by atoms with E-state index in [9.17, 15) is 14.4 Å². The number of hydrogen-bond acceptors (Lipinski definition) is 6. The molecule has 162 valence electrons. The van der Waals surface area contributed by atoms with Gasteiger partial charge in [-0.15, -0.1) is 0 Å². The van der Waals surface area contributed by atoms with Crippen molar-refractivity contribution in [2.75, 3.05) is 18.5 Å². The molecule has 0 unspecified atom stereocenters. The lowest BCUT2D eigenvalue weighted by molar-refractivity contribution is -0.144. The minimum atomic E-state index is -1.25. The first-order chi connectivity index (χ1) is 15.5. The lowest BCUT2D eigenvalue weighted by Gasteiger charge is -2.15. The topological polar surface area (TPSA) is 127 Å². The summed E-state index contributed by atoms with van der Waals surface area (Å²) in [6.07, 6.45) is 0.607. The Kier molecular flexibility index (Phi) is 6.09. The molecule has 1 aliphatic rings. The predicted octanol–water partition coefficient (Wildman–Crippen LogP) is 3.19. The molecule has 0 radical (unpaired) electrons. The normalized spacial score (nSPS) is 11.9. The number of aromatic nitrogens is 1. The minimum absolute atomic E-state index is 0.0983. The van der Waals surface area contributed by atoms with Crippen molar-refractivity contribution in [1.29, 1.82) is 0 Å². The van der Waals surface area contributed by atoms with Crippen LogP contribution in [-0.2, 0) is 14.4 Å². The fourth-order valence-corrected chi connectivity index (χ4v) is 3.64. The second-order valence-electron chi connectivity index (χ2n) is 6.96. The van der Waals surface area contributed by atoms with E-state index in [2.05, 4.69) is 15.1 Å². The highest BCUT2D eigenvalue weighted by atomic mass is 16.7. The van der Waals surface area contributed by atoms with Crippen molar-refractivity contribution in [2.24, 2.45) is 0 Å². The Balaban J connectivity index is 1.42. The molecular formula is C23H19N3O6. The molecule has 9 heteroatoms. The SMILES string of the molecule is O=C(O)CONC(=O)c1ncccc1NC(=O)OCC1c2ccccc2-c2ccccc21. The average Bonchev–Trinajstić information content (AvgIpc) is 3.11. The van der Waals surface area contributed by atoms with E-state index in [1.165, 1.54) is 18.3 Å². The number of nitrogens with one attached hydrogen (secondary N) is 2. The smallest absolute Gasteiger partial charge is 0.411 e. The van der Waals surface area contributed by atoms with Crippen molar-refractivity contribution in [1.82, 2.24) is 10.5 Å². The van der Waals surface area contributed by atoms with Crippen LogP contribution in [0.15, 0.2) is 66.9 Å². The number of amides is 2. The first kappa shape index (κ1) is 21.0. The molecule has 1 aliphatic carbocycles. The zero-order chi connectivity index (χ0) is 22.5. The molecule has 0 bridgehead atoms. The fraction of sp³-hybridized carbons (Fsp3) is 0.130. The van der Waals surface area contributed by atoms with Gasteiger partial charge in [-0.25, -0.2) is 20.1 Å². The summed E-state index contributed by atoms with van der Waals surface area (Å²) in [7, 11) is 0. The largest absolute Gasteiger partial charge is 0.479 e. The molecule has 1 heterocycles. The van der Waals surface area contributed by atoms with E-state index < -0.39 is 24.6 Å². The standard InChI is InChI=1S/C23H19N3O6/c27-20(28)13-32-26-22(29)21-19(10-5-11-24-21)25-23(30)31-12-18-16-8-3-1-6-14(16)15-7-2-4-9-17(15)18/h1-11,18H,12-13H2,(H,25,30)(H,26,29)(H,27,28). The number of hydrogen-bond donors (Lipinski definition) is 3. The number of pyridine rings is 1. The number of carboxylic acids is 1. The van der Waals surface area contributed by atoms with Crippen molar-refractivity contribution < 1.29 is 29.1 Å². The lowest BCUT2D eigenvalue weighted by atomic mass is 9.98. The number of anilines is 1. The summed E-state index contributed by atoms with van der Waals surface area (Å²) in [6.45, 7) is -0.600. The highest BCUT2D eigenvalue weighted by Gasteiger charge is 2.29. The van der Waals surface area contributed by atoms with Crippen LogP contribution in [0.3, 0.4) is 0 Å². The molecular weight excluding hydrogens is 414 g/mol. The first-order valence-corrected chi connectivity index (χ1v) is 9.75. The Morgan fingerprint density at radius 3 is 2.25 bits per heavy atom. The number of ether oxygens (including phenoxy) is 1. The monoisotopic (exact) mass is 433 g/mol. The lowest BCUT2D eigenvalue weighted by Crippen LogP contribution is -2.29. The van der Waals surface area contributed by atoms with Gasteiger partial charge in [-0.1, -0.05) is 48.5 Å². The van der Waals surface area contributed by atoms with Gasteiger partial charge in [-0.2, -0.15) is 0 Å². The van der Waals surface area contributed by atoms with E-state index in [-0.39, 0.29) is 23.9 Å². The van der Waals surface area contributed by atoms with Gasteiger partial charge in [0.25, 0.3) is 5.91 Å². The Morgan fingerprint density at radius 1 is 0.938 bits per heavy atom. The van der Waals surface area contributed by atoms with E-state index in [4.69, 9.17) is 9.84 Å².